The van der Waals surface area contributed by atoms with Crippen LogP contribution in [0, 0.1) is 26.2 Å². The van der Waals surface area contributed by atoms with Crippen LogP contribution in [0.25, 0.3) is 0 Å². The van der Waals surface area contributed by atoms with Gasteiger partial charge in [0.15, 0.2) is 6.10 Å². The van der Waals surface area contributed by atoms with Crippen LogP contribution >= 0.6 is 9.24 Å². The highest BCUT2D eigenvalue weighted by atomic mass is 31.0. The molecule has 0 fully saturated rings. The summed E-state index contributed by atoms with van der Waals surface area (Å²) in [6, 6.07) is 4.10. The summed E-state index contributed by atoms with van der Waals surface area (Å²) >= 11 is 0. The van der Waals surface area contributed by atoms with E-state index in [-0.39, 0.29) is 6.10 Å². The minimum atomic E-state index is -0.177. The van der Waals surface area contributed by atoms with Crippen LogP contribution in [0.3, 0.4) is 0 Å². The molecule has 1 nitrogen and oxygen atoms in total. The smallest absolute Gasteiger partial charge is 0.156 e. The third kappa shape index (κ3) is 2.50. The molecule has 0 spiro atoms. The maximum atomic E-state index is 5.58. The van der Waals surface area contributed by atoms with Crippen molar-refractivity contribution in [3.63, 3.8) is 0 Å². The van der Waals surface area contributed by atoms with Crippen LogP contribution in [-0.2, 0) is 0 Å². The molecule has 1 aromatic carbocycles. The van der Waals surface area contributed by atoms with Gasteiger partial charge in [-0.05, 0) is 49.3 Å². The van der Waals surface area contributed by atoms with Gasteiger partial charge in [0, 0.05) is 0 Å². The molecule has 2 unspecified atom stereocenters. The Kier molecular flexibility index (Phi) is 3.55. The molecule has 0 amide bonds. The summed E-state index contributed by atoms with van der Waals surface area (Å²) in [6.07, 6.45) is 5.08. The van der Waals surface area contributed by atoms with Crippen LogP contribution in [0.1, 0.15) is 18.1 Å². The van der Waals surface area contributed by atoms with E-state index in [0.717, 1.165) is 11.3 Å². The lowest BCUT2D eigenvalue weighted by Crippen LogP contribution is -2.10. The van der Waals surface area contributed by atoms with Gasteiger partial charge in [0.05, 0.1) is 0 Å². The number of hydrogen-bond donors (Lipinski definition) is 0. The summed E-state index contributed by atoms with van der Waals surface area (Å²) in [4.78, 5) is 0. The van der Waals surface area contributed by atoms with Gasteiger partial charge in [-0.1, -0.05) is 5.92 Å². The molecule has 0 saturated heterocycles. The highest BCUT2D eigenvalue weighted by Gasteiger charge is 2.05. The Morgan fingerprint density at radius 3 is 2.57 bits per heavy atom. The first-order valence-electron chi connectivity index (χ1n) is 4.54. The molecule has 1 rings (SSSR count). The average Bonchev–Trinajstić information content (AvgIpc) is 2.14. The fourth-order valence-electron chi connectivity index (χ4n) is 1.16. The minimum Gasteiger partial charge on any atom is -0.478 e. The Bertz CT molecular complexity index is 377. The highest BCUT2D eigenvalue weighted by Crippen LogP contribution is 2.20. The molecule has 0 saturated carbocycles. The molecule has 74 valence electrons. The topological polar surface area (TPSA) is 9.23 Å². The lowest BCUT2D eigenvalue weighted by atomic mass is 10.1. The number of rotatable bonds is 2. The summed E-state index contributed by atoms with van der Waals surface area (Å²) in [5.41, 5.74) is 2.31. The standard InChI is InChI=1S/C12H15OP/c1-5-10(4)13-11-6-9(3)12(14)7-8(11)2/h1,6-7,10H,14H2,2-4H3. The van der Waals surface area contributed by atoms with E-state index in [4.69, 9.17) is 11.2 Å². The Labute approximate surface area is 88.1 Å². The van der Waals surface area contributed by atoms with E-state index in [2.05, 4.69) is 28.2 Å². The van der Waals surface area contributed by atoms with E-state index in [9.17, 15) is 0 Å². The van der Waals surface area contributed by atoms with E-state index in [0.29, 0.717) is 0 Å². The zero-order valence-corrected chi connectivity index (χ0v) is 9.95. The molecule has 1 aromatic rings. The number of benzene rings is 1. The highest BCUT2D eigenvalue weighted by molar-refractivity contribution is 7.27. The van der Waals surface area contributed by atoms with Crippen molar-refractivity contribution in [1.29, 1.82) is 0 Å². The van der Waals surface area contributed by atoms with Crippen LogP contribution in [-0.4, -0.2) is 6.10 Å². The van der Waals surface area contributed by atoms with Crippen LogP contribution in [0.2, 0.25) is 0 Å². The molecule has 0 bridgehead atoms. The molecule has 0 N–H and O–H groups in total. The Balaban J connectivity index is 2.99. The second-order valence-corrected chi connectivity index (χ2v) is 4.02. The lowest BCUT2D eigenvalue weighted by molar-refractivity contribution is 0.277. The first-order valence-corrected chi connectivity index (χ1v) is 5.12. The summed E-state index contributed by atoms with van der Waals surface area (Å²) in [5.74, 6) is 3.42. The molecule has 0 radical (unpaired) electrons. The monoisotopic (exact) mass is 206 g/mol. The van der Waals surface area contributed by atoms with E-state index in [1.165, 1.54) is 10.9 Å². The molecule has 0 aliphatic heterocycles. The summed E-state index contributed by atoms with van der Waals surface area (Å²) < 4.78 is 5.58. The number of aryl methyl sites for hydroxylation is 2. The first kappa shape index (κ1) is 11.1. The zero-order valence-electron chi connectivity index (χ0n) is 8.79. The van der Waals surface area contributed by atoms with Gasteiger partial charge in [0.1, 0.15) is 5.75 Å². The molecule has 14 heavy (non-hydrogen) atoms. The van der Waals surface area contributed by atoms with Gasteiger partial charge < -0.3 is 4.74 Å². The van der Waals surface area contributed by atoms with Crippen molar-refractivity contribution in [3.05, 3.63) is 23.3 Å². The third-order valence-electron chi connectivity index (χ3n) is 2.10. The Morgan fingerprint density at radius 2 is 2.00 bits per heavy atom. The molecule has 0 heterocycles. The Morgan fingerprint density at radius 1 is 1.36 bits per heavy atom. The Hall–Kier alpha value is -0.990. The largest absolute Gasteiger partial charge is 0.478 e. The van der Waals surface area contributed by atoms with Gasteiger partial charge in [0.2, 0.25) is 0 Å². The van der Waals surface area contributed by atoms with Crippen LogP contribution < -0.4 is 10.0 Å². The zero-order chi connectivity index (χ0) is 10.7. The van der Waals surface area contributed by atoms with Crippen molar-refractivity contribution in [1.82, 2.24) is 0 Å². The van der Waals surface area contributed by atoms with Gasteiger partial charge >= 0.3 is 0 Å². The second-order valence-electron chi connectivity index (χ2n) is 3.40. The van der Waals surface area contributed by atoms with E-state index >= 15 is 0 Å². The van der Waals surface area contributed by atoms with Crippen molar-refractivity contribution < 1.29 is 4.74 Å². The van der Waals surface area contributed by atoms with Crippen LogP contribution in [0.5, 0.6) is 5.75 Å². The average molecular weight is 206 g/mol. The first-order chi connectivity index (χ1) is 6.54. The summed E-state index contributed by atoms with van der Waals surface area (Å²) in [5, 5.41) is 1.20. The third-order valence-corrected chi connectivity index (χ3v) is 2.72. The van der Waals surface area contributed by atoms with Crippen molar-refractivity contribution in [2.75, 3.05) is 0 Å². The minimum absolute atomic E-state index is 0.177. The summed E-state index contributed by atoms with van der Waals surface area (Å²) in [7, 11) is 2.70. The number of ether oxygens (including phenoxy) is 1. The fraction of sp³-hybridized carbons (Fsp3) is 0.333. The van der Waals surface area contributed by atoms with Crippen molar-refractivity contribution in [2.45, 2.75) is 26.9 Å². The predicted octanol–water partition coefficient (Wildman–Crippen LogP) is 2.20. The summed E-state index contributed by atoms with van der Waals surface area (Å²) in [6.45, 7) is 5.93. The number of terminal acetylenes is 1. The van der Waals surface area contributed by atoms with E-state index in [1.807, 2.05) is 19.9 Å². The molecular weight excluding hydrogens is 191 g/mol. The molecule has 2 heteroatoms. The second kappa shape index (κ2) is 4.49. The van der Waals surface area contributed by atoms with E-state index < -0.39 is 0 Å². The quantitative estimate of drug-likeness (QED) is 0.532. The molecule has 2 atom stereocenters. The molecule has 0 aliphatic carbocycles. The van der Waals surface area contributed by atoms with E-state index in [1.54, 1.807) is 0 Å². The maximum absolute atomic E-state index is 5.58. The number of hydrogen-bond acceptors (Lipinski definition) is 1. The van der Waals surface area contributed by atoms with Gasteiger partial charge in [-0.15, -0.1) is 15.7 Å². The van der Waals surface area contributed by atoms with Gasteiger partial charge in [-0.3, -0.25) is 0 Å². The lowest BCUT2D eigenvalue weighted by Gasteiger charge is -2.13. The SMILES string of the molecule is C#CC(C)Oc1cc(C)c(P)cc1C. The molecule has 0 aromatic heterocycles. The molecule has 0 aliphatic rings. The van der Waals surface area contributed by atoms with Crippen molar-refractivity contribution in [2.24, 2.45) is 0 Å². The van der Waals surface area contributed by atoms with Crippen molar-refractivity contribution >= 4 is 14.5 Å². The van der Waals surface area contributed by atoms with Gasteiger partial charge in [0.25, 0.3) is 0 Å². The van der Waals surface area contributed by atoms with Crippen LogP contribution in [0.4, 0.5) is 0 Å². The van der Waals surface area contributed by atoms with Crippen molar-refractivity contribution in [3.8, 4) is 18.1 Å². The van der Waals surface area contributed by atoms with Crippen LogP contribution in [0.15, 0.2) is 12.1 Å². The molecular formula is C12H15OP. The fourth-order valence-corrected chi connectivity index (χ4v) is 1.50. The normalized spacial score (nSPS) is 11.9. The van der Waals surface area contributed by atoms with Gasteiger partial charge in [-0.2, -0.15) is 0 Å². The maximum Gasteiger partial charge on any atom is 0.156 e. The predicted molar refractivity (Wildman–Crippen MR) is 64.2 cm³/mol. The van der Waals surface area contributed by atoms with Gasteiger partial charge in [-0.25, -0.2) is 0 Å².